The van der Waals surface area contributed by atoms with E-state index < -0.39 is 49.0 Å². The van der Waals surface area contributed by atoms with Gasteiger partial charge in [-0.1, -0.05) is 42.9 Å². The predicted octanol–water partition coefficient (Wildman–Crippen LogP) is 2.14. The van der Waals surface area contributed by atoms with E-state index in [1.165, 1.54) is 14.2 Å². The van der Waals surface area contributed by atoms with Gasteiger partial charge in [0.25, 0.3) is 0 Å². The van der Waals surface area contributed by atoms with Crippen LogP contribution in [-0.4, -0.2) is 93.8 Å². The highest BCUT2D eigenvalue weighted by molar-refractivity contribution is 5.54. The van der Waals surface area contributed by atoms with Gasteiger partial charge in [0.05, 0.1) is 32.5 Å². The molecule has 236 valence electrons. The van der Waals surface area contributed by atoms with Crippen molar-refractivity contribution in [2.45, 2.75) is 90.4 Å². The van der Waals surface area contributed by atoms with Gasteiger partial charge < -0.3 is 49.5 Å². The smallest absolute Gasteiger partial charge is 0.238 e. The zero-order valence-electron chi connectivity index (χ0n) is 25.7. The zero-order valence-corrected chi connectivity index (χ0v) is 25.7. The molecule has 8 atom stereocenters. The molecule has 0 unspecified atom stereocenters. The number of nitrogens with one attached hydrogen (secondary N) is 1. The molecule has 2 rings (SSSR count). The summed E-state index contributed by atoms with van der Waals surface area (Å²) in [6, 6.07) is 0. The lowest BCUT2D eigenvalue weighted by Crippen LogP contribution is -2.60. The Bertz CT molecular complexity index is 1210. The molecule has 2 heterocycles. The first-order valence-corrected chi connectivity index (χ1v) is 13.9. The molecule has 1 aliphatic heterocycles. The van der Waals surface area contributed by atoms with E-state index in [1.54, 1.807) is 26.0 Å². The lowest BCUT2D eigenvalue weighted by molar-refractivity contribution is -0.310. The largest absolute Gasteiger partial charge is 0.488 e. The number of pyridine rings is 1. The number of methoxy groups -OCH3 is 2. The van der Waals surface area contributed by atoms with Crippen LogP contribution >= 0.6 is 0 Å². The second-order valence-electron chi connectivity index (χ2n) is 10.9. The van der Waals surface area contributed by atoms with Gasteiger partial charge in [0.1, 0.15) is 24.4 Å². The maximum absolute atomic E-state index is 12.6. The van der Waals surface area contributed by atoms with Crippen molar-refractivity contribution >= 4 is 6.08 Å². The highest BCUT2D eigenvalue weighted by atomic mass is 16.7. The first-order valence-electron chi connectivity index (χ1n) is 13.9. The Morgan fingerprint density at radius 3 is 2.38 bits per heavy atom. The number of H-pyrrole nitrogens is 1. The molecule has 0 aliphatic carbocycles. The van der Waals surface area contributed by atoms with Crippen LogP contribution in [0.5, 0.6) is 11.6 Å². The Hall–Kier alpha value is -2.77. The number of aliphatic hydroxyl groups excluding tert-OH is 4. The predicted molar refractivity (Wildman–Crippen MR) is 159 cm³/mol. The van der Waals surface area contributed by atoms with E-state index in [-0.39, 0.29) is 29.4 Å². The molecule has 0 aromatic carbocycles. The molecule has 0 saturated carbocycles. The Labute approximate surface area is 247 Å². The summed E-state index contributed by atoms with van der Waals surface area (Å²) in [4.78, 5) is 15.6. The minimum Gasteiger partial charge on any atom is -0.488 e. The van der Waals surface area contributed by atoms with Crippen LogP contribution < -0.4 is 14.9 Å². The Morgan fingerprint density at radius 2 is 1.81 bits per heavy atom. The van der Waals surface area contributed by atoms with Crippen LogP contribution in [0.1, 0.15) is 52.3 Å². The SMILES string of the molecule is C/C=C(/C)[C@H](O[C@H]1O[C@@H](CO)[C@H](O)[C@H](O)[C@@H]1O)[C@@H](C)C=C(C)/C=C/C[C@@](C)(O)/C=C/c1[nH]c(OC)c(OC)c(=O)c1C. The van der Waals surface area contributed by atoms with Gasteiger partial charge in [-0.25, -0.2) is 0 Å². The molecule has 0 radical (unpaired) electrons. The average molecular weight is 594 g/mol. The molecule has 6 N–H and O–H groups in total. The van der Waals surface area contributed by atoms with Crippen LogP contribution in [0.4, 0.5) is 0 Å². The average Bonchev–Trinajstić information content (AvgIpc) is 2.95. The van der Waals surface area contributed by atoms with E-state index >= 15 is 0 Å². The number of ether oxygens (including phenoxy) is 4. The third-order valence-electron chi connectivity index (χ3n) is 7.37. The van der Waals surface area contributed by atoms with Crippen LogP contribution in [0.3, 0.4) is 0 Å². The van der Waals surface area contributed by atoms with Gasteiger partial charge >= 0.3 is 0 Å². The number of aliphatic hydroxyl groups is 5. The molecule has 11 nitrogen and oxygen atoms in total. The van der Waals surface area contributed by atoms with E-state index in [9.17, 15) is 30.3 Å². The number of hydrogen-bond donors (Lipinski definition) is 6. The molecular formula is C31H47NO10. The second kappa shape index (κ2) is 15.6. The summed E-state index contributed by atoms with van der Waals surface area (Å²) in [5.41, 5.74) is 1.17. The monoisotopic (exact) mass is 593 g/mol. The van der Waals surface area contributed by atoms with E-state index in [0.717, 1.165) is 11.1 Å². The molecule has 0 amide bonds. The lowest BCUT2D eigenvalue weighted by Gasteiger charge is -2.41. The van der Waals surface area contributed by atoms with E-state index in [4.69, 9.17) is 18.9 Å². The van der Waals surface area contributed by atoms with Gasteiger partial charge in [-0.3, -0.25) is 4.79 Å². The van der Waals surface area contributed by atoms with E-state index in [2.05, 4.69) is 4.98 Å². The summed E-state index contributed by atoms with van der Waals surface area (Å²) >= 11 is 0. The standard InChI is InChI=1S/C31H47NO10/c1-9-18(3)27(42-30-26(37)25(36)24(35)22(16-33)41-30)19(4)15-17(2)11-10-13-31(6,38)14-12-21-20(5)23(34)28(39-7)29(32-21)40-8/h9-12,14-15,19,22,24-27,30,33,35-38H,13,16H2,1-8H3,(H,32,34)/b11-10+,14-12+,17-15?,18-9-/t19-,22-,24-,25-,26-,27-,30+,31+/m0/s1. The van der Waals surface area contributed by atoms with Crippen molar-refractivity contribution in [1.29, 1.82) is 0 Å². The molecule has 42 heavy (non-hydrogen) atoms. The minimum absolute atomic E-state index is 0.0868. The molecule has 1 aromatic heterocycles. The number of rotatable bonds is 13. The summed E-state index contributed by atoms with van der Waals surface area (Å²) in [6.45, 7) is 10.4. The van der Waals surface area contributed by atoms with Crippen LogP contribution in [0.25, 0.3) is 6.08 Å². The Morgan fingerprint density at radius 1 is 1.14 bits per heavy atom. The topological polar surface area (TPSA) is 171 Å². The Kier molecular flexibility index (Phi) is 13.2. The summed E-state index contributed by atoms with van der Waals surface area (Å²) in [7, 11) is 2.82. The fraction of sp³-hybridized carbons (Fsp3) is 0.581. The lowest BCUT2D eigenvalue weighted by atomic mass is 9.94. The summed E-state index contributed by atoms with van der Waals surface area (Å²) in [6.07, 6.45) is 3.75. The zero-order chi connectivity index (χ0) is 31.8. The van der Waals surface area contributed by atoms with Crippen LogP contribution in [-0.2, 0) is 9.47 Å². The van der Waals surface area contributed by atoms with Crippen molar-refractivity contribution in [2.75, 3.05) is 20.8 Å². The number of allylic oxidation sites excluding steroid dienone is 3. The molecule has 1 fully saturated rings. The minimum atomic E-state index is -1.53. The molecule has 1 aromatic rings. The quantitative estimate of drug-likeness (QED) is 0.147. The van der Waals surface area contributed by atoms with Crippen LogP contribution in [0, 0.1) is 12.8 Å². The van der Waals surface area contributed by atoms with Crippen molar-refractivity contribution < 1.29 is 44.5 Å². The van der Waals surface area contributed by atoms with E-state index in [0.29, 0.717) is 11.3 Å². The molecule has 1 aliphatic rings. The van der Waals surface area contributed by atoms with Crippen LogP contribution in [0.15, 0.2) is 46.3 Å². The first-order chi connectivity index (χ1) is 19.7. The second-order valence-corrected chi connectivity index (χ2v) is 10.9. The van der Waals surface area contributed by atoms with Crippen molar-refractivity contribution in [3.63, 3.8) is 0 Å². The van der Waals surface area contributed by atoms with Crippen molar-refractivity contribution in [1.82, 2.24) is 4.98 Å². The highest BCUT2D eigenvalue weighted by Gasteiger charge is 2.45. The fourth-order valence-corrected chi connectivity index (χ4v) is 4.67. The molecular weight excluding hydrogens is 546 g/mol. The van der Waals surface area contributed by atoms with Gasteiger partial charge in [0.2, 0.25) is 17.1 Å². The van der Waals surface area contributed by atoms with Crippen LogP contribution in [0.2, 0.25) is 0 Å². The maximum atomic E-state index is 12.6. The number of hydrogen-bond acceptors (Lipinski definition) is 10. The molecule has 0 bridgehead atoms. The summed E-state index contributed by atoms with van der Waals surface area (Å²) in [5.74, 6) is 0.0939. The van der Waals surface area contributed by atoms with Crippen molar-refractivity contribution in [3.05, 3.63) is 63.0 Å². The van der Waals surface area contributed by atoms with E-state index in [1.807, 2.05) is 52.0 Å². The summed E-state index contributed by atoms with van der Waals surface area (Å²) < 4.78 is 22.0. The van der Waals surface area contributed by atoms with Crippen molar-refractivity contribution in [3.8, 4) is 11.6 Å². The molecule has 11 heteroatoms. The Balaban J connectivity index is 2.14. The maximum Gasteiger partial charge on any atom is 0.238 e. The van der Waals surface area contributed by atoms with Gasteiger partial charge in [0.15, 0.2) is 6.29 Å². The summed E-state index contributed by atoms with van der Waals surface area (Å²) in [5, 5.41) is 51.0. The van der Waals surface area contributed by atoms with Gasteiger partial charge in [-0.05, 0) is 52.7 Å². The highest BCUT2D eigenvalue weighted by Crippen LogP contribution is 2.28. The van der Waals surface area contributed by atoms with Gasteiger partial charge in [-0.15, -0.1) is 0 Å². The normalized spacial score (nSPS) is 26.8. The van der Waals surface area contributed by atoms with Gasteiger partial charge in [-0.2, -0.15) is 0 Å². The third-order valence-corrected chi connectivity index (χ3v) is 7.37. The number of aromatic amines is 1. The fourth-order valence-electron chi connectivity index (χ4n) is 4.67. The van der Waals surface area contributed by atoms with Crippen molar-refractivity contribution in [2.24, 2.45) is 5.92 Å². The number of aromatic nitrogens is 1. The first kappa shape index (κ1) is 35.4. The molecule has 0 spiro atoms. The van der Waals surface area contributed by atoms with Gasteiger partial charge in [0, 0.05) is 17.2 Å². The molecule has 1 saturated heterocycles. The third kappa shape index (κ3) is 8.87.